The van der Waals surface area contributed by atoms with Crippen LogP contribution in [0.2, 0.25) is 0 Å². The molecule has 0 N–H and O–H groups in total. The van der Waals surface area contributed by atoms with Crippen molar-refractivity contribution in [3.05, 3.63) is 35.6 Å². The molecule has 3 rings (SSSR count). The summed E-state index contributed by atoms with van der Waals surface area (Å²) in [4.78, 5) is 31.5. The van der Waals surface area contributed by atoms with E-state index in [-0.39, 0.29) is 17.6 Å². The van der Waals surface area contributed by atoms with Crippen LogP contribution in [0.25, 0.3) is 0 Å². The average Bonchev–Trinajstić information content (AvgIpc) is 2.93. The molecule has 2 heterocycles. The molecule has 0 aliphatic carbocycles. The molecule has 1 aromatic carbocycles. The molecule has 2 aliphatic rings. The Morgan fingerprint density at radius 2 is 1.78 bits per heavy atom. The molecule has 0 aromatic heterocycles. The molecule has 2 amide bonds. The second-order valence-corrected chi connectivity index (χ2v) is 7.57. The standard InChI is InChI=1S/C21H30FN3O2/c1-2-19-6-3-4-13-25(19)20(26)16-23-11-5-12-24(15-14-23)21(27)17-7-9-18(22)10-8-17/h7-10,19H,2-6,11-16H2,1H3. The van der Waals surface area contributed by atoms with Gasteiger partial charge in [0.05, 0.1) is 6.54 Å². The number of hydrogen-bond donors (Lipinski definition) is 0. The highest BCUT2D eigenvalue weighted by molar-refractivity contribution is 5.94. The molecule has 1 aromatic rings. The van der Waals surface area contributed by atoms with Gasteiger partial charge < -0.3 is 9.80 Å². The third-order valence-corrected chi connectivity index (χ3v) is 5.74. The molecule has 2 fully saturated rings. The molecule has 2 aliphatic heterocycles. The van der Waals surface area contributed by atoms with Crippen LogP contribution < -0.4 is 0 Å². The van der Waals surface area contributed by atoms with E-state index in [1.54, 1.807) is 0 Å². The van der Waals surface area contributed by atoms with E-state index in [4.69, 9.17) is 0 Å². The van der Waals surface area contributed by atoms with Crippen LogP contribution in [0.5, 0.6) is 0 Å². The summed E-state index contributed by atoms with van der Waals surface area (Å²) in [6, 6.07) is 6.09. The number of carbonyl (C=O) groups excluding carboxylic acids is 2. The van der Waals surface area contributed by atoms with Gasteiger partial charge in [0.2, 0.25) is 5.91 Å². The summed E-state index contributed by atoms with van der Waals surface area (Å²) in [5.74, 6) is -0.180. The number of rotatable bonds is 4. The summed E-state index contributed by atoms with van der Waals surface area (Å²) >= 11 is 0. The normalized spacial score (nSPS) is 21.8. The van der Waals surface area contributed by atoms with Crippen molar-refractivity contribution in [2.45, 2.75) is 45.1 Å². The Morgan fingerprint density at radius 1 is 1.00 bits per heavy atom. The van der Waals surface area contributed by atoms with Crippen molar-refractivity contribution in [2.24, 2.45) is 0 Å². The van der Waals surface area contributed by atoms with Crippen molar-refractivity contribution in [3.63, 3.8) is 0 Å². The Balaban J connectivity index is 1.54. The van der Waals surface area contributed by atoms with E-state index in [1.165, 1.54) is 30.7 Å². The number of piperidine rings is 1. The average molecular weight is 375 g/mol. The Bertz CT molecular complexity index is 649. The molecule has 0 bridgehead atoms. The molecule has 1 unspecified atom stereocenters. The Labute approximate surface area is 161 Å². The van der Waals surface area contributed by atoms with Crippen LogP contribution in [0.4, 0.5) is 4.39 Å². The minimum absolute atomic E-state index is 0.0646. The maximum Gasteiger partial charge on any atom is 0.253 e. The van der Waals surface area contributed by atoms with E-state index in [0.717, 1.165) is 38.8 Å². The van der Waals surface area contributed by atoms with Crippen LogP contribution in [-0.2, 0) is 4.79 Å². The fourth-order valence-corrected chi connectivity index (χ4v) is 4.14. The van der Waals surface area contributed by atoms with Gasteiger partial charge in [-0.1, -0.05) is 6.92 Å². The summed E-state index contributed by atoms with van der Waals surface area (Å²) in [5, 5.41) is 0. The van der Waals surface area contributed by atoms with Gasteiger partial charge >= 0.3 is 0 Å². The summed E-state index contributed by atoms with van der Waals surface area (Å²) in [7, 11) is 0. The molecule has 5 nitrogen and oxygen atoms in total. The lowest BCUT2D eigenvalue weighted by molar-refractivity contribution is -0.136. The second-order valence-electron chi connectivity index (χ2n) is 7.57. The van der Waals surface area contributed by atoms with Gasteiger partial charge in [-0.05, 0) is 56.4 Å². The van der Waals surface area contributed by atoms with E-state index in [0.29, 0.717) is 37.8 Å². The fraction of sp³-hybridized carbons (Fsp3) is 0.619. The van der Waals surface area contributed by atoms with Gasteiger partial charge in [0.15, 0.2) is 0 Å². The quantitative estimate of drug-likeness (QED) is 0.813. The van der Waals surface area contributed by atoms with Gasteiger partial charge in [0, 0.05) is 44.3 Å². The summed E-state index contributed by atoms with van der Waals surface area (Å²) in [6.45, 7) is 6.26. The molecule has 0 saturated carbocycles. The Kier molecular flexibility index (Phi) is 6.83. The van der Waals surface area contributed by atoms with Crippen LogP contribution in [-0.4, -0.2) is 71.8 Å². The monoisotopic (exact) mass is 375 g/mol. The van der Waals surface area contributed by atoms with Crippen molar-refractivity contribution in [2.75, 3.05) is 39.3 Å². The molecule has 2 saturated heterocycles. The zero-order valence-electron chi connectivity index (χ0n) is 16.2. The third-order valence-electron chi connectivity index (χ3n) is 5.74. The molecule has 1 atom stereocenters. The minimum atomic E-state index is -0.338. The van der Waals surface area contributed by atoms with Gasteiger partial charge in [0.25, 0.3) is 5.91 Å². The van der Waals surface area contributed by atoms with E-state index in [2.05, 4.69) is 16.7 Å². The highest BCUT2D eigenvalue weighted by atomic mass is 19.1. The maximum absolute atomic E-state index is 13.1. The van der Waals surface area contributed by atoms with E-state index >= 15 is 0 Å². The summed E-state index contributed by atoms with van der Waals surface area (Å²) in [6.07, 6.45) is 5.29. The Hall–Kier alpha value is -1.95. The lowest BCUT2D eigenvalue weighted by Gasteiger charge is -2.36. The smallest absolute Gasteiger partial charge is 0.253 e. The van der Waals surface area contributed by atoms with Crippen molar-refractivity contribution in [1.29, 1.82) is 0 Å². The van der Waals surface area contributed by atoms with Crippen LogP contribution in [0.1, 0.15) is 49.4 Å². The molecule has 0 spiro atoms. The first-order valence-electron chi connectivity index (χ1n) is 10.1. The zero-order valence-corrected chi connectivity index (χ0v) is 16.2. The van der Waals surface area contributed by atoms with Gasteiger partial charge in [-0.25, -0.2) is 4.39 Å². The van der Waals surface area contributed by atoms with Crippen LogP contribution in [0.3, 0.4) is 0 Å². The predicted octanol–water partition coefficient (Wildman–Crippen LogP) is 2.76. The first kappa shape index (κ1) is 19.8. The van der Waals surface area contributed by atoms with Crippen LogP contribution >= 0.6 is 0 Å². The number of amides is 2. The van der Waals surface area contributed by atoms with Gasteiger partial charge in [0.1, 0.15) is 5.82 Å². The second kappa shape index (κ2) is 9.31. The zero-order chi connectivity index (χ0) is 19.2. The van der Waals surface area contributed by atoms with E-state index < -0.39 is 0 Å². The first-order chi connectivity index (χ1) is 13.1. The molecule has 27 heavy (non-hydrogen) atoms. The van der Waals surface area contributed by atoms with Crippen molar-refractivity contribution >= 4 is 11.8 Å². The van der Waals surface area contributed by atoms with Crippen molar-refractivity contribution in [3.8, 4) is 0 Å². The lowest BCUT2D eigenvalue weighted by Crippen LogP contribution is -2.48. The molecular weight excluding hydrogens is 345 g/mol. The van der Waals surface area contributed by atoms with E-state index in [1.807, 2.05) is 4.90 Å². The molecule has 148 valence electrons. The Morgan fingerprint density at radius 3 is 2.52 bits per heavy atom. The third kappa shape index (κ3) is 5.06. The van der Waals surface area contributed by atoms with Crippen molar-refractivity contribution in [1.82, 2.24) is 14.7 Å². The largest absolute Gasteiger partial charge is 0.339 e. The highest BCUT2D eigenvalue weighted by Gasteiger charge is 2.27. The number of likely N-dealkylation sites (tertiary alicyclic amines) is 1. The summed E-state index contributed by atoms with van der Waals surface area (Å²) in [5.41, 5.74) is 0.514. The molecular formula is C21H30FN3O2. The maximum atomic E-state index is 13.1. The number of nitrogens with zero attached hydrogens (tertiary/aromatic N) is 3. The lowest BCUT2D eigenvalue weighted by atomic mass is 10.00. The van der Waals surface area contributed by atoms with Crippen LogP contribution in [0, 0.1) is 5.82 Å². The van der Waals surface area contributed by atoms with Gasteiger partial charge in [-0.2, -0.15) is 0 Å². The van der Waals surface area contributed by atoms with Gasteiger partial charge in [-0.3, -0.25) is 14.5 Å². The van der Waals surface area contributed by atoms with E-state index in [9.17, 15) is 14.0 Å². The SMILES string of the molecule is CCC1CCCCN1C(=O)CN1CCCN(C(=O)c2ccc(F)cc2)CC1. The minimum Gasteiger partial charge on any atom is -0.339 e. The van der Waals surface area contributed by atoms with Gasteiger partial charge in [-0.15, -0.1) is 0 Å². The first-order valence-corrected chi connectivity index (χ1v) is 10.1. The predicted molar refractivity (Wildman–Crippen MR) is 103 cm³/mol. The van der Waals surface area contributed by atoms with Crippen LogP contribution in [0.15, 0.2) is 24.3 Å². The molecule has 6 heteroatoms. The number of carbonyl (C=O) groups is 2. The topological polar surface area (TPSA) is 43.9 Å². The summed E-state index contributed by atoms with van der Waals surface area (Å²) < 4.78 is 13.1. The highest BCUT2D eigenvalue weighted by Crippen LogP contribution is 2.20. The number of halogens is 1. The van der Waals surface area contributed by atoms with Crippen molar-refractivity contribution < 1.29 is 14.0 Å². The number of benzene rings is 1. The fourth-order valence-electron chi connectivity index (χ4n) is 4.14. The molecule has 0 radical (unpaired) electrons. The number of hydrogen-bond acceptors (Lipinski definition) is 3.